The average molecular weight is 1080 g/mol. The number of nitrogens with one attached hydrogen (secondary N) is 2. The minimum atomic E-state index is -4.98. The number of nitrogens with zero attached hydrogens (tertiary/aromatic N) is 9. The zero-order chi connectivity index (χ0) is 56.7. The number of hydrogen-bond acceptors (Lipinski definition) is 15. The van der Waals surface area contributed by atoms with E-state index in [1.165, 1.54) is 30.3 Å². The Balaban J connectivity index is 0.776. The third-order valence-electron chi connectivity index (χ3n) is 15.8. The van der Waals surface area contributed by atoms with Gasteiger partial charge in [-0.05, 0) is 111 Å². The number of fused-ring (bicyclic) bond motifs is 4. The largest absolute Gasteiger partial charge is 0.471 e. The molecule has 3 saturated heterocycles. The molecule has 5 aromatic rings. The first-order chi connectivity index (χ1) is 37.9. The summed E-state index contributed by atoms with van der Waals surface area (Å²) in [6.07, 6.45) is 6.49. The van der Waals surface area contributed by atoms with Gasteiger partial charge in [0.2, 0.25) is 11.8 Å². The summed E-state index contributed by atoms with van der Waals surface area (Å²) in [4.78, 5) is 117. The lowest BCUT2D eigenvalue weighted by Gasteiger charge is -2.46. The average Bonchev–Trinajstić information content (AvgIpc) is 4.12. The van der Waals surface area contributed by atoms with Crippen LogP contribution in [0.15, 0.2) is 71.9 Å². The number of phosphoric ester groups is 1. The van der Waals surface area contributed by atoms with Crippen molar-refractivity contribution in [2.75, 3.05) is 59.3 Å². The third-order valence-corrected chi connectivity index (χ3v) is 16.3. The van der Waals surface area contributed by atoms with Crippen LogP contribution >= 0.6 is 7.82 Å². The highest BCUT2D eigenvalue weighted by Crippen LogP contribution is 2.42. The van der Waals surface area contributed by atoms with E-state index in [0.717, 1.165) is 79.4 Å². The summed E-state index contributed by atoms with van der Waals surface area (Å²) in [6, 6.07) is 13.2. The number of aromatic nitrogens is 4. The minimum absolute atomic E-state index is 0.0510. The van der Waals surface area contributed by atoms with Gasteiger partial charge in [0.25, 0.3) is 23.3 Å². The highest BCUT2D eigenvalue weighted by atomic mass is 31.2. The molecule has 6 aliphatic rings. The van der Waals surface area contributed by atoms with E-state index in [0.29, 0.717) is 35.0 Å². The van der Waals surface area contributed by atoms with Crippen LogP contribution in [0, 0.1) is 5.41 Å². The summed E-state index contributed by atoms with van der Waals surface area (Å²) in [5, 5.41) is 5.28. The molecule has 2 unspecified atom stereocenters. The van der Waals surface area contributed by atoms with Gasteiger partial charge in [0.05, 0.1) is 29.6 Å². The number of benzene rings is 1. The number of ether oxygens (including phenoxy) is 1. The number of anilines is 5. The molecule has 22 nitrogen and oxygen atoms in total. The molecule has 1 aromatic carbocycles. The van der Waals surface area contributed by atoms with Gasteiger partial charge in [-0.15, -0.1) is 0 Å². The lowest BCUT2D eigenvalue weighted by Crippen LogP contribution is -2.57. The molecular weight excluding hydrogens is 1010 g/mol. The molecule has 0 bridgehead atoms. The van der Waals surface area contributed by atoms with E-state index >= 15 is 0 Å². The molecule has 3 fully saturated rings. The summed E-state index contributed by atoms with van der Waals surface area (Å²) in [7, 11) is -4.98. The van der Waals surface area contributed by atoms with Crippen LogP contribution in [0.4, 0.5) is 28.7 Å². The number of rotatable bonds is 13. The van der Waals surface area contributed by atoms with Gasteiger partial charge < -0.3 is 38.8 Å². The lowest BCUT2D eigenvalue weighted by atomic mass is 9.90. The molecule has 4 N–H and O–H groups in total. The predicted molar refractivity (Wildman–Crippen MR) is 284 cm³/mol. The highest BCUT2D eigenvalue weighted by Gasteiger charge is 2.45. The number of amides is 5. The molecule has 1 aliphatic carbocycles. The standard InChI is InChI=1S/C54H62N11O11P/c1-31-28-61(35-13-16-60(17-14-35)36-6-8-39-40(24-36)51(69)65(50(39)68)43-9-11-47(66)58-49(43)67)18-19-62(31)37-7-10-46(56-27-37)57-42-22-34(29-59(5)52(42)70)38-12-15-55-48(41(38)30-75-32(2)76-77(72,73)74)64-21-20-63-44(53(64)71)23-33-25-54(3,4)26-45(33)63/h6-8,10,12,15,22-24,27,29,31-32,35,43H,9,11,13-14,16-21,25-26,28,30H2,1-5H3,(H,56,57)(H,58,66,67)(H2,72,73,74)/t31-,32?,43?/m0/s1/i5D3. The summed E-state index contributed by atoms with van der Waals surface area (Å²) in [5.41, 5.74) is 4.86. The predicted octanol–water partition coefficient (Wildman–Crippen LogP) is 4.73. The zero-order valence-electron chi connectivity index (χ0n) is 46.1. The number of carbonyl (C=O) groups excluding carboxylic acids is 5. The van der Waals surface area contributed by atoms with Crippen molar-refractivity contribution in [3.05, 3.63) is 111 Å². The smallest absolute Gasteiger partial charge is 0.371 e. The Labute approximate surface area is 448 Å². The van der Waals surface area contributed by atoms with Crippen LogP contribution < -0.4 is 30.9 Å². The summed E-state index contributed by atoms with van der Waals surface area (Å²) < 4.78 is 50.2. The Morgan fingerprint density at radius 3 is 2.39 bits per heavy atom. The summed E-state index contributed by atoms with van der Waals surface area (Å²) in [6.45, 7) is 9.00. The molecule has 5 aliphatic heterocycles. The molecule has 0 saturated carbocycles. The first-order valence-corrected chi connectivity index (χ1v) is 27.4. The second-order valence-electron chi connectivity index (χ2n) is 21.5. The first kappa shape index (κ1) is 48.3. The number of piperazine rings is 1. The van der Waals surface area contributed by atoms with Crippen molar-refractivity contribution in [3.8, 4) is 11.1 Å². The van der Waals surface area contributed by atoms with Crippen LogP contribution in [-0.4, -0.2) is 132 Å². The van der Waals surface area contributed by atoms with Crippen LogP contribution in [0.2, 0.25) is 0 Å². The van der Waals surface area contributed by atoms with E-state index in [4.69, 9.17) is 13.4 Å². The van der Waals surface area contributed by atoms with Gasteiger partial charge in [-0.2, -0.15) is 0 Å². The molecule has 5 amide bonds. The van der Waals surface area contributed by atoms with E-state index < -0.39 is 56.3 Å². The lowest BCUT2D eigenvalue weighted by molar-refractivity contribution is -0.136. The maximum atomic E-state index is 14.4. The first-order valence-electron chi connectivity index (χ1n) is 27.4. The fourth-order valence-electron chi connectivity index (χ4n) is 12.1. The molecule has 4 aromatic heterocycles. The van der Waals surface area contributed by atoms with Crippen molar-refractivity contribution in [1.29, 1.82) is 0 Å². The highest BCUT2D eigenvalue weighted by molar-refractivity contribution is 7.46. The van der Waals surface area contributed by atoms with Crippen LogP contribution in [0.3, 0.4) is 0 Å². The van der Waals surface area contributed by atoms with Crippen molar-refractivity contribution in [2.45, 2.75) is 104 Å². The van der Waals surface area contributed by atoms with Crippen molar-refractivity contribution < 1.29 is 51.7 Å². The summed E-state index contributed by atoms with van der Waals surface area (Å²) >= 11 is 0. The quantitative estimate of drug-likeness (QED) is 0.0707. The van der Waals surface area contributed by atoms with Gasteiger partial charge in [0, 0.05) is 110 Å². The molecule has 23 heteroatoms. The fraction of sp³-hybridized carbons (Fsp3) is 0.444. The summed E-state index contributed by atoms with van der Waals surface area (Å²) in [5.74, 6) is -2.01. The van der Waals surface area contributed by atoms with Crippen molar-refractivity contribution >= 4 is 66.1 Å². The molecule has 77 heavy (non-hydrogen) atoms. The van der Waals surface area contributed by atoms with E-state index in [9.17, 15) is 43.1 Å². The number of pyridine rings is 3. The zero-order valence-corrected chi connectivity index (χ0v) is 44.0. The SMILES string of the molecule is [2H]C([2H])([2H])n1cc(-c2ccnc(N3CCn4c(cc5c4CC(C)(C)C5)C3=O)c2COC(C)OP(=O)(O)O)cc(Nc2ccc(N3CCN(C4CCN(c5ccc6c(c5)C(=O)N(C5CCC(=O)NC5=O)C6=O)CC4)C[C@@H]3C)cn2)c1=O. The topological polar surface area (TPSA) is 254 Å². The Morgan fingerprint density at radius 2 is 1.66 bits per heavy atom. The Kier molecular flexibility index (Phi) is 12.6. The van der Waals surface area contributed by atoms with Gasteiger partial charge in [0.1, 0.15) is 29.1 Å². The van der Waals surface area contributed by atoms with Crippen LogP contribution in [0.5, 0.6) is 0 Å². The Hall–Kier alpha value is -7.07. The number of carbonyl (C=O) groups is 5. The van der Waals surface area contributed by atoms with Gasteiger partial charge in [-0.1, -0.05) is 13.8 Å². The Morgan fingerprint density at radius 1 is 0.883 bits per heavy atom. The van der Waals surface area contributed by atoms with Crippen LogP contribution in [-0.2, 0) is 56.4 Å². The number of piperidine rings is 2. The fourth-order valence-corrected chi connectivity index (χ4v) is 12.5. The molecule has 0 spiro atoms. The van der Waals surface area contributed by atoms with Gasteiger partial charge in [-0.3, -0.25) is 53.3 Å². The molecule has 11 rings (SSSR count). The monoisotopic (exact) mass is 1070 g/mol. The maximum absolute atomic E-state index is 14.4. The van der Waals surface area contributed by atoms with E-state index in [1.54, 1.807) is 30.5 Å². The normalized spacial score (nSPS) is 22.1. The van der Waals surface area contributed by atoms with Gasteiger partial charge >= 0.3 is 7.82 Å². The number of hydrogen-bond donors (Lipinski definition) is 4. The van der Waals surface area contributed by atoms with Crippen LogP contribution in [0.25, 0.3) is 11.1 Å². The van der Waals surface area contributed by atoms with Gasteiger partial charge in [0.15, 0.2) is 6.29 Å². The van der Waals surface area contributed by atoms with Crippen molar-refractivity contribution in [1.82, 2.24) is 34.2 Å². The second kappa shape index (κ2) is 20.1. The number of phosphoric acid groups is 1. The minimum Gasteiger partial charge on any atom is -0.371 e. The molecular formula is C54H62N11O11P. The van der Waals surface area contributed by atoms with Crippen molar-refractivity contribution in [2.24, 2.45) is 12.4 Å². The number of aryl methyl sites for hydroxylation is 1. The Bertz CT molecular complexity index is 3470. The van der Waals surface area contributed by atoms with E-state index in [-0.39, 0.29) is 82.9 Å². The molecule has 0 radical (unpaired) electrons. The van der Waals surface area contributed by atoms with Crippen LogP contribution in [0.1, 0.15) is 106 Å². The molecule has 9 heterocycles. The van der Waals surface area contributed by atoms with E-state index in [1.807, 2.05) is 18.2 Å². The second-order valence-corrected chi connectivity index (χ2v) is 22.7. The van der Waals surface area contributed by atoms with E-state index in [2.05, 4.69) is 60.6 Å². The molecule has 404 valence electrons. The third kappa shape index (κ3) is 10.1. The number of imide groups is 2. The van der Waals surface area contributed by atoms with Crippen molar-refractivity contribution in [3.63, 3.8) is 0 Å². The molecule has 3 atom stereocenters. The maximum Gasteiger partial charge on any atom is 0.471 e. The van der Waals surface area contributed by atoms with Gasteiger partial charge in [-0.25, -0.2) is 14.5 Å².